The Morgan fingerprint density at radius 2 is 2.21 bits per heavy atom. The van der Waals surface area contributed by atoms with Crippen LogP contribution in [-0.4, -0.2) is 49.3 Å². The summed E-state index contributed by atoms with van der Waals surface area (Å²) in [5, 5.41) is 14.2. The lowest BCUT2D eigenvalue weighted by atomic mass is 10.1. The van der Waals surface area contributed by atoms with E-state index in [0.29, 0.717) is 18.6 Å². The number of hydrogen-bond donors (Lipinski definition) is 2. The van der Waals surface area contributed by atoms with Crippen LogP contribution in [0.1, 0.15) is 22.8 Å². The number of aromatic nitrogens is 5. The summed E-state index contributed by atoms with van der Waals surface area (Å²) in [7, 11) is 0. The highest BCUT2D eigenvalue weighted by atomic mass is 35.5. The van der Waals surface area contributed by atoms with Gasteiger partial charge in [-0.15, -0.1) is 0 Å². The fourth-order valence-electron chi connectivity index (χ4n) is 3.74. The fraction of sp³-hybridized carbons (Fsp3) is 0.190. The van der Waals surface area contributed by atoms with Crippen LogP contribution in [0.15, 0.2) is 49.1 Å². The number of alkyl halides is 2. The predicted molar refractivity (Wildman–Crippen MR) is 117 cm³/mol. The number of nitrogens with one attached hydrogen (secondary N) is 2. The average Bonchev–Trinajstić information content (AvgIpc) is 3.52. The number of amides is 2. The van der Waals surface area contributed by atoms with E-state index in [1.165, 1.54) is 46.0 Å². The van der Waals surface area contributed by atoms with E-state index in [4.69, 9.17) is 11.6 Å². The molecule has 0 unspecified atom stereocenters. The number of fused-ring (bicyclic) bond motifs is 1. The van der Waals surface area contributed by atoms with Crippen molar-refractivity contribution in [1.29, 1.82) is 0 Å². The van der Waals surface area contributed by atoms with Crippen molar-refractivity contribution in [1.82, 2.24) is 29.7 Å². The smallest absolute Gasteiger partial charge is 0.387 e. The first-order chi connectivity index (χ1) is 16.4. The molecule has 0 bridgehead atoms. The molecule has 174 valence electrons. The molecule has 0 saturated carbocycles. The van der Waals surface area contributed by atoms with Crippen molar-refractivity contribution in [3.8, 4) is 17.0 Å². The van der Waals surface area contributed by atoms with Gasteiger partial charge in [-0.05, 0) is 30.7 Å². The van der Waals surface area contributed by atoms with Crippen LogP contribution in [-0.2, 0) is 4.79 Å². The molecule has 1 aliphatic rings. The minimum Gasteiger partial charge on any atom is -0.434 e. The summed E-state index contributed by atoms with van der Waals surface area (Å²) in [5.74, 6) is -0.980. The van der Waals surface area contributed by atoms with Crippen LogP contribution in [0.4, 0.5) is 14.5 Å². The van der Waals surface area contributed by atoms with Crippen molar-refractivity contribution in [3.05, 3.63) is 59.6 Å². The van der Waals surface area contributed by atoms with Gasteiger partial charge in [0, 0.05) is 29.5 Å². The van der Waals surface area contributed by atoms with Crippen LogP contribution in [0.25, 0.3) is 16.9 Å². The normalized spacial score (nSPS) is 15.6. The lowest BCUT2D eigenvalue weighted by molar-refractivity contribution is -0.122. The summed E-state index contributed by atoms with van der Waals surface area (Å²) in [6, 6.07) is 5.12. The lowest BCUT2D eigenvalue weighted by Crippen LogP contribution is -2.22. The number of halogens is 3. The second-order valence-corrected chi connectivity index (χ2v) is 7.82. The molecule has 2 amide bonds. The largest absolute Gasteiger partial charge is 0.434 e. The van der Waals surface area contributed by atoms with E-state index in [9.17, 15) is 18.4 Å². The summed E-state index contributed by atoms with van der Waals surface area (Å²) in [6.45, 7) is -2.63. The number of rotatable bonds is 6. The molecule has 3 aromatic heterocycles. The zero-order valence-electron chi connectivity index (χ0n) is 17.3. The topological polar surface area (TPSA) is 115 Å². The summed E-state index contributed by atoms with van der Waals surface area (Å²) >= 11 is 6.12. The molecule has 4 heterocycles. The van der Waals surface area contributed by atoms with Crippen LogP contribution in [0.3, 0.4) is 0 Å². The predicted octanol–water partition coefficient (Wildman–Crippen LogP) is 3.16. The van der Waals surface area contributed by atoms with Gasteiger partial charge in [0.15, 0.2) is 5.65 Å². The summed E-state index contributed by atoms with van der Waals surface area (Å²) in [5.41, 5.74) is 0.914. The van der Waals surface area contributed by atoms with Crippen LogP contribution >= 0.6 is 11.6 Å². The van der Waals surface area contributed by atoms with Gasteiger partial charge in [-0.1, -0.05) is 11.6 Å². The van der Waals surface area contributed by atoms with E-state index in [2.05, 4.69) is 30.6 Å². The molecule has 5 rings (SSSR count). The van der Waals surface area contributed by atoms with Crippen LogP contribution in [0.2, 0.25) is 5.02 Å². The lowest BCUT2D eigenvalue weighted by Gasteiger charge is -2.11. The molecule has 1 saturated heterocycles. The van der Waals surface area contributed by atoms with E-state index < -0.39 is 18.6 Å². The number of benzene rings is 1. The minimum atomic E-state index is -3.09. The molecule has 0 aliphatic carbocycles. The SMILES string of the molecule is O=C(Nc1cn([C@@H]2CCNC2=O)nc1-c1cc(Cl)ccc1OC(F)F)c1cnn2cccnc12. The highest BCUT2D eigenvalue weighted by Gasteiger charge is 2.29. The quantitative estimate of drug-likeness (QED) is 0.431. The summed E-state index contributed by atoms with van der Waals surface area (Å²) < 4.78 is 33.6. The van der Waals surface area contributed by atoms with Crippen molar-refractivity contribution in [3.63, 3.8) is 0 Å². The van der Waals surface area contributed by atoms with Gasteiger partial charge in [-0.25, -0.2) is 9.50 Å². The fourth-order valence-corrected chi connectivity index (χ4v) is 3.91. The molecular weight excluding hydrogens is 472 g/mol. The van der Waals surface area contributed by atoms with Crippen molar-refractivity contribution in [2.75, 3.05) is 11.9 Å². The molecule has 1 atom stereocenters. The number of anilines is 1. The number of carbonyl (C=O) groups is 2. The van der Waals surface area contributed by atoms with Crippen LogP contribution in [0.5, 0.6) is 5.75 Å². The Labute approximate surface area is 195 Å². The number of ether oxygens (including phenoxy) is 1. The number of nitrogens with zero attached hydrogens (tertiary/aromatic N) is 5. The molecule has 13 heteroatoms. The van der Waals surface area contributed by atoms with Crippen LogP contribution < -0.4 is 15.4 Å². The maximum atomic E-state index is 13.1. The van der Waals surface area contributed by atoms with Gasteiger partial charge in [0.1, 0.15) is 23.0 Å². The first kappa shape index (κ1) is 21.8. The third-order valence-corrected chi connectivity index (χ3v) is 5.49. The second kappa shape index (κ2) is 8.71. The van der Waals surface area contributed by atoms with Gasteiger partial charge in [0.25, 0.3) is 5.91 Å². The average molecular weight is 488 g/mol. The molecule has 34 heavy (non-hydrogen) atoms. The van der Waals surface area contributed by atoms with Gasteiger partial charge < -0.3 is 15.4 Å². The van der Waals surface area contributed by atoms with E-state index in [1.807, 2.05) is 0 Å². The third kappa shape index (κ3) is 4.03. The zero-order valence-corrected chi connectivity index (χ0v) is 18.0. The van der Waals surface area contributed by atoms with Crippen molar-refractivity contribution in [2.45, 2.75) is 19.1 Å². The van der Waals surface area contributed by atoms with Gasteiger partial charge in [0.2, 0.25) is 5.91 Å². The molecular formula is C21H16ClF2N7O3. The Bertz CT molecular complexity index is 1400. The first-order valence-electron chi connectivity index (χ1n) is 10.1. The minimum absolute atomic E-state index is 0.107. The van der Waals surface area contributed by atoms with E-state index >= 15 is 0 Å². The Morgan fingerprint density at radius 1 is 1.35 bits per heavy atom. The third-order valence-electron chi connectivity index (χ3n) is 5.26. The molecule has 0 spiro atoms. The Balaban J connectivity index is 1.59. The maximum Gasteiger partial charge on any atom is 0.387 e. The monoisotopic (exact) mass is 487 g/mol. The van der Waals surface area contributed by atoms with Gasteiger partial charge >= 0.3 is 6.61 Å². The van der Waals surface area contributed by atoms with Gasteiger partial charge in [0.05, 0.1) is 18.1 Å². The second-order valence-electron chi connectivity index (χ2n) is 7.39. The number of hydrogen-bond acceptors (Lipinski definition) is 6. The van der Waals surface area contributed by atoms with Crippen molar-refractivity contribution >= 4 is 34.7 Å². The standard InChI is InChI=1S/C21H16ClF2N7O3/c22-11-2-3-16(34-21(23)24)12(8-11)17-14(10-31(29-17)15-4-6-26-20(15)33)28-19(32)13-9-27-30-7-1-5-25-18(13)30/h1-3,5,7-10,15,21H,4,6H2,(H,26,33)(H,28,32)/t15-/m1/s1. The van der Waals surface area contributed by atoms with Gasteiger partial charge in [-0.2, -0.15) is 19.0 Å². The highest BCUT2D eigenvalue weighted by Crippen LogP contribution is 2.38. The Hall–Kier alpha value is -4.06. The number of carbonyl (C=O) groups excluding carboxylic acids is 2. The Kier molecular flexibility index (Phi) is 5.57. The molecule has 10 nitrogen and oxygen atoms in total. The van der Waals surface area contributed by atoms with E-state index in [0.717, 1.165) is 0 Å². The molecule has 4 aromatic rings. The van der Waals surface area contributed by atoms with Crippen molar-refractivity contribution < 1.29 is 23.1 Å². The Morgan fingerprint density at radius 3 is 2.97 bits per heavy atom. The molecule has 1 aromatic carbocycles. The van der Waals surface area contributed by atoms with Crippen LogP contribution in [0, 0.1) is 0 Å². The summed E-state index contributed by atoms with van der Waals surface area (Å²) in [4.78, 5) is 29.5. The van der Waals surface area contributed by atoms with Gasteiger partial charge in [-0.3, -0.25) is 14.3 Å². The molecule has 0 radical (unpaired) electrons. The molecule has 1 fully saturated rings. The molecule has 2 N–H and O–H groups in total. The van der Waals surface area contributed by atoms with E-state index in [-0.39, 0.29) is 39.2 Å². The zero-order chi connectivity index (χ0) is 23.8. The summed E-state index contributed by atoms with van der Waals surface area (Å²) in [6.07, 6.45) is 6.46. The van der Waals surface area contributed by atoms with Crippen molar-refractivity contribution in [2.24, 2.45) is 0 Å². The maximum absolute atomic E-state index is 13.1. The highest BCUT2D eigenvalue weighted by molar-refractivity contribution is 6.31. The molecule has 1 aliphatic heterocycles. The van der Waals surface area contributed by atoms with E-state index in [1.54, 1.807) is 12.3 Å². The first-order valence-corrected chi connectivity index (χ1v) is 10.5.